The first-order valence-corrected chi connectivity index (χ1v) is 10.7. The van der Waals surface area contributed by atoms with E-state index < -0.39 is 5.41 Å². The predicted octanol–water partition coefficient (Wildman–Crippen LogP) is 1.98. The van der Waals surface area contributed by atoms with Gasteiger partial charge in [0.05, 0.1) is 11.1 Å². The molecule has 9 heteroatoms. The summed E-state index contributed by atoms with van der Waals surface area (Å²) in [5, 5.41) is 10.8. The second-order valence-electron chi connectivity index (χ2n) is 8.69. The fraction of sp³-hybridized carbons (Fsp3) is 0.500. The normalized spacial score (nSPS) is 21.4. The van der Waals surface area contributed by atoms with E-state index in [0.29, 0.717) is 38.2 Å². The molecule has 3 amide bonds. The molecule has 0 aliphatic carbocycles. The van der Waals surface area contributed by atoms with Crippen molar-refractivity contribution in [2.75, 3.05) is 29.9 Å². The number of hydrogen-bond donors (Lipinski definition) is 1. The van der Waals surface area contributed by atoms with Crippen molar-refractivity contribution in [3.63, 3.8) is 0 Å². The summed E-state index contributed by atoms with van der Waals surface area (Å²) in [4.78, 5) is 41.4. The number of amides is 3. The Morgan fingerprint density at radius 3 is 2.77 bits per heavy atom. The first-order valence-electron chi connectivity index (χ1n) is 10.7. The number of nitrogens with one attached hydrogen (secondary N) is 1. The lowest BCUT2D eigenvalue weighted by molar-refractivity contribution is -0.139. The van der Waals surface area contributed by atoms with E-state index in [1.807, 2.05) is 38.1 Å². The topological polar surface area (TPSA) is 100 Å². The molecule has 0 bridgehead atoms. The molecule has 3 heterocycles. The van der Waals surface area contributed by atoms with E-state index in [4.69, 9.17) is 0 Å². The van der Waals surface area contributed by atoms with E-state index in [2.05, 4.69) is 15.6 Å². The summed E-state index contributed by atoms with van der Waals surface area (Å²) in [5.41, 5.74) is 1.53. The quantitative estimate of drug-likeness (QED) is 0.791. The average Bonchev–Trinajstić information content (AvgIpc) is 3.36. The maximum absolute atomic E-state index is 13.2. The van der Waals surface area contributed by atoms with Crippen molar-refractivity contribution in [3.8, 4) is 0 Å². The Morgan fingerprint density at radius 2 is 2.06 bits per heavy atom. The van der Waals surface area contributed by atoms with Gasteiger partial charge in [0.2, 0.25) is 17.7 Å². The van der Waals surface area contributed by atoms with Crippen molar-refractivity contribution in [3.05, 3.63) is 36.2 Å². The molecule has 2 aromatic rings. The number of nitrogens with zero attached hydrogens (tertiary/aromatic N) is 5. The maximum Gasteiger partial charge on any atom is 0.244 e. The third kappa shape index (κ3) is 4.60. The van der Waals surface area contributed by atoms with Gasteiger partial charge in [0.15, 0.2) is 0 Å². The Bertz CT molecular complexity index is 1000. The summed E-state index contributed by atoms with van der Waals surface area (Å²) < 4.78 is 1.52. The van der Waals surface area contributed by atoms with Crippen molar-refractivity contribution >= 4 is 29.1 Å². The highest BCUT2D eigenvalue weighted by Crippen LogP contribution is 2.32. The van der Waals surface area contributed by atoms with Gasteiger partial charge in [-0.1, -0.05) is 11.3 Å². The van der Waals surface area contributed by atoms with Crippen LogP contribution in [-0.2, 0) is 20.9 Å². The molecule has 9 nitrogen and oxygen atoms in total. The molecular weight excluding hydrogens is 396 g/mol. The van der Waals surface area contributed by atoms with Crippen LogP contribution in [0.25, 0.3) is 0 Å². The van der Waals surface area contributed by atoms with E-state index >= 15 is 0 Å². The molecular formula is C22H28N6O3. The first kappa shape index (κ1) is 21.0. The van der Waals surface area contributed by atoms with Crippen LogP contribution >= 0.6 is 0 Å². The van der Waals surface area contributed by atoms with E-state index in [0.717, 1.165) is 24.2 Å². The second kappa shape index (κ2) is 8.49. The van der Waals surface area contributed by atoms with Crippen molar-refractivity contribution in [2.24, 2.45) is 5.41 Å². The summed E-state index contributed by atoms with van der Waals surface area (Å²) in [7, 11) is 0. The minimum Gasteiger partial charge on any atom is -0.340 e. The highest BCUT2D eigenvalue weighted by molar-refractivity contribution is 5.98. The zero-order valence-corrected chi connectivity index (χ0v) is 18.0. The smallest absolute Gasteiger partial charge is 0.244 e. The van der Waals surface area contributed by atoms with E-state index in [1.54, 1.807) is 16.0 Å². The second-order valence-corrected chi connectivity index (χ2v) is 8.69. The van der Waals surface area contributed by atoms with Crippen LogP contribution in [0.4, 0.5) is 11.4 Å². The molecule has 1 aromatic heterocycles. The molecule has 1 N–H and O–H groups in total. The largest absolute Gasteiger partial charge is 0.340 e. The Kier molecular flexibility index (Phi) is 5.75. The third-order valence-electron chi connectivity index (χ3n) is 6.04. The van der Waals surface area contributed by atoms with Crippen molar-refractivity contribution in [2.45, 2.75) is 46.1 Å². The molecule has 31 heavy (non-hydrogen) atoms. The summed E-state index contributed by atoms with van der Waals surface area (Å²) in [6.45, 7) is 5.53. The van der Waals surface area contributed by atoms with Gasteiger partial charge in [0.25, 0.3) is 0 Å². The van der Waals surface area contributed by atoms with Crippen LogP contribution < -0.4 is 10.2 Å². The number of hydrogen-bond acceptors (Lipinski definition) is 5. The molecule has 0 spiro atoms. The van der Waals surface area contributed by atoms with Crippen LogP contribution in [-0.4, -0.2) is 57.2 Å². The molecule has 0 saturated carbocycles. The van der Waals surface area contributed by atoms with Gasteiger partial charge in [0, 0.05) is 43.6 Å². The molecule has 2 aliphatic heterocycles. The molecule has 2 aliphatic rings. The third-order valence-corrected chi connectivity index (χ3v) is 6.04. The Morgan fingerprint density at radius 1 is 1.23 bits per heavy atom. The standard InChI is InChI=1S/C22H28N6O3/c1-16-13-27(25-24-16)14-20(30)26-10-5-9-22(2,15-26)21(31)23-17-6-3-7-18(12-17)28-11-4-8-19(28)29/h3,6-7,12-13H,4-5,8-11,14-15H2,1-2H3,(H,23,31)/t22-/m1/s1. The number of carbonyl (C=O) groups excluding carboxylic acids is 3. The fourth-order valence-corrected chi connectivity index (χ4v) is 4.30. The monoisotopic (exact) mass is 424 g/mol. The SMILES string of the molecule is Cc1cn(CC(=O)N2CCC[C@@](C)(C(=O)Nc3cccc(N4CCCC4=O)c3)C2)nn1. The van der Waals surface area contributed by atoms with Gasteiger partial charge in [-0.05, 0) is 51.3 Å². The lowest BCUT2D eigenvalue weighted by atomic mass is 9.80. The molecule has 1 aromatic carbocycles. The highest BCUT2D eigenvalue weighted by Gasteiger charge is 2.39. The number of rotatable bonds is 5. The number of aromatic nitrogens is 3. The van der Waals surface area contributed by atoms with Gasteiger partial charge in [0.1, 0.15) is 6.54 Å². The zero-order chi connectivity index (χ0) is 22.0. The molecule has 0 unspecified atom stereocenters. The van der Waals surface area contributed by atoms with Crippen molar-refractivity contribution in [1.82, 2.24) is 19.9 Å². The number of anilines is 2. The minimum atomic E-state index is -0.689. The zero-order valence-electron chi connectivity index (χ0n) is 18.0. The molecule has 0 radical (unpaired) electrons. The van der Waals surface area contributed by atoms with Crippen LogP contribution in [0.5, 0.6) is 0 Å². The van der Waals surface area contributed by atoms with Crippen LogP contribution in [0.1, 0.15) is 38.3 Å². The van der Waals surface area contributed by atoms with Gasteiger partial charge in [-0.2, -0.15) is 0 Å². The van der Waals surface area contributed by atoms with Gasteiger partial charge in [-0.15, -0.1) is 5.10 Å². The van der Waals surface area contributed by atoms with E-state index in [1.165, 1.54) is 4.68 Å². The number of piperidine rings is 1. The summed E-state index contributed by atoms with van der Waals surface area (Å²) in [5.74, 6) is -0.0795. The van der Waals surface area contributed by atoms with Crippen LogP contribution in [0, 0.1) is 12.3 Å². The van der Waals surface area contributed by atoms with E-state index in [-0.39, 0.29) is 24.3 Å². The highest BCUT2D eigenvalue weighted by atomic mass is 16.2. The first-order chi connectivity index (χ1) is 14.8. The summed E-state index contributed by atoms with van der Waals surface area (Å²) in [6.07, 6.45) is 4.60. The van der Waals surface area contributed by atoms with Crippen molar-refractivity contribution in [1.29, 1.82) is 0 Å². The number of likely N-dealkylation sites (tertiary alicyclic amines) is 1. The fourth-order valence-electron chi connectivity index (χ4n) is 4.30. The molecule has 2 fully saturated rings. The summed E-state index contributed by atoms with van der Waals surface area (Å²) in [6, 6.07) is 7.39. The Labute approximate surface area is 181 Å². The van der Waals surface area contributed by atoms with Crippen LogP contribution in [0.2, 0.25) is 0 Å². The predicted molar refractivity (Wildman–Crippen MR) is 115 cm³/mol. The Balaban J connectivity index is 1.41. The van der Waals surface area contributed by atoms with Crippen LogP contribution in [0.15, 0.2) is 30.5 Å². The average molecular weight is 425 g/mol. The lowest BCUT2D eigenvalue weighted by Gasteiger charge is -2.39. The molecule has 2 saturated heterocycles. The molecule has 1 atom stereocenters. The Hall–Kier alpha value is -3.23. The number of aryl methyl sites for hydroxylation is 1. The lowest BCUT2D eigenvalue weighted by Crippen LogP contribution is -2.50. The van der Waals surface area contributed by atoms with Gasteiger partial charge >= 0.3 is 0 Å². The van der Waals surface area contributed by atoms with Crippen molar-refractivity contribution < 1.29 is 14.4 Å². The number of benzene rings is 1. The van der Waals surface area contributed by atoms with E-state index in [9.17, 15) is 14.4 Å². The van der Waals surface area contributed by atoms with Gasteiger partial charge in [-0.25, -0.2) is 4.68 Å². The van der Waals surface area contributed by atoms with Gasteiger partial charge in [-0.3, -0.25) is 14.4 Å². The minimum absolute atomic E-state index is 0.0711. The van der Waals surface area contributed by atoms with Gasteiger partial charge < -0.3 is 15.1 Å². The maximum atomic E-state index is 13.2. The van der Waals surface area contributed by atoms with Crippen LogP contribution in [0.3, 0.4) is 0 Å². The molecule has 4 rings (SSSR count). The number of carbonyl (C=O) groups is 3. The summed E-state index contributed by atoms with van der Waals surface area (Å²) >= 11 is 0. The molecule has 164 valence electrons.